The van der Waals surface area contributed by atoms with Crippen LogP contribution in [0.3, 0.4) is 0 Å². The van der Waals surface area contributed by atoms with Crippen LogP contribution in [0.15, 0.2) is 48.5 Å². The number of rotatable bonds is 6. The number of hydrogen-bond donors (Lipinski definition) is 1. The van der Waals surface area contributed by atoms with Crippen LogP contribution in [-0.4, -0.2) is 48.8 Å². The number of carbonyl (C=O) groups is 1. The molecule has 154 valence electrons. The van der Waals surface area contributed by atoms with Gasteiger partial charge in [0, 0.05) is 25.4 Å². The first-order chi connectivity index (χ1) is 14.1. The Morgan fingerprint density at radius 3 is 2.62 bits per heavy atom. The number of para-hydroxylation sites is 1. The molecule has 5 heteroatoms. The van der Waals surface area contributed by atoms with E-state index in [0.29, 0.717) is 19.7 Å². The molecule has 2 aromatic carbocycles. The Labute approximate surface area is 173 Å². The number of anilines is 1. The van der Waals surface area contributed by atoms with Crippen molar-refractivity contribution in [3.8, 4) is 0 Å². The Morgan fingerprint density at radius 2 is 1.93 bits per heavy atom. The minimum absolute atomic E-state index is 0.0132. The minimum Gasteiger partial charge on any atom is -0.371 e. The van der Waals surface area contributed by atoms with Crippen LogP contribution in [0.5, 0.6) is 0 Å². The third-order valence-corrected chi connectivity index (χ3v) is 6.04. The van der Waals surface area contributed by atoms with Crippen LogP contribution in [0.25, 0.3) is 0 Å². The van der Waals surface area contributed by atoms with Crippen molar-refractivity contribution in [3.63, 3.8) is 0 Å². The van der Waals surface area contributed by atoms with Gasteiger partial charge >= 0.3 is 0 Å². The molecule has 1 N–H and O–H groups in total. The van der Waals surface area contributed by atoms with Crippen LogP contribution in [0.2, 0.25) is 0 Å². The fraction of sp³-hybridized carbons (Fsp3) is 0.458. The van der Waals surface area contributed by atoms with Crippen molar-refractivity contribution < 1.29 is 14.3 Å². The molecule has 5 nitrogen and oxygen atoms in total. The molecule has 1 amide bonds. The van der Waals surface area contributed by atoms with Crippen molar-refractivity contribution in [2.45, 2.75) is 45.0 Å². The topological polar surface area (TPSA) is 50.8 Å². The summed E-state index contributed by atoms with van der Waals surface area (Å²) in [4.78, 5) is 14.9. The standard InChI is InChI=1S/C24H30N2O3/c1-18-8-6-9-19(2)23(18)25-22(27)15-26-14-21(24(17-26)12-7-13-29-24)28-16-20-10-4-3-5-11-20/h3-6,8-11,21H,7,12-17H2,1-2H3,(H,25,27)/t21-,24-/m0/s1. The molecule has 1 spiro atoms. The average Bonchev–Trinajstić information content (AvgIpc) is 3.31. The predicted molar refractivity (Wildman–Crippen MR) is 114 cm³/mol. The third kappa shape index (κ3) is 4.53. The molecule has 0 aliphatic carbocycles. The van der Waals surface area contributed by atoms with Crippen LogP contribution in [-0.2, 0) is 20.9 Å². The van der Waals surface area contributed by atoms with Gasteiger partial charge in [-0.1, -0.05) is 48.5 Å². The Morgan fingerprint density at radius 1 is 1.17 bits per heavy atom. The molecule has 2 aliphatic rings. The minimum atomic E-state index is -0.284. The molecule has 2 heterocycles. The van der Waals surface area contributed by atoms with E-state index in [1.807, 2.05) is 50.2 Å². The highest BCUT2D eigenvalue weighted by atomic mass is 16.6. The Bertz CT molecular complexity index is 826. The Kier molecular flexibility index (Phi) is 5.99. The van der Waals surface area contributed by atoms with Gasteiger partial charge in [0.2, 0.25) is 5.91 Å². The normalized spacial score (nSPS) is 24.3. The van der Waals surface area contributed by atoms with E-state index in [0.717, 1.165) is 48.4 Å². The maximum Gasteiger partial charge on any atom is 0.238 e. The van der Waals surface area contributed by atoms with Gasteiger partial charge in [0.15, 0.2) is 0 Å². The van der Waals surface area contributed by atoms with Crippen molar-refractivity contribution in [1.82, 2.24) is 4.90 Å². The second-order valence-corrected chi connectivity index (χ2v) is 8.29. The van der Waals surface area contributed by atoms with Gasteiger partial charge in [-0.15, -0.1) is 0 Å². The van der Waals surface area contributed by atoms with Gasteiger partial charge in [0.25, 0.3) is 0 Å². The highest BCUT2D eigenvalue weighted by Gasteiger charge is 2.50. The smallest absolute Gasteiger partial charge is 0.238 e. The lowest BCUT2D eigenvalue weighted by Gasteiger charge is -2.29. The number of hydrogen-bond acceptors (Lipinski definition) is 4. The Balaban J connectivity index is 1.39. The van der Waals surface area contributed by atoms with Gasteiger partial charge in [0.1, 0.15) is 11.7 Å². The summed E-state index contributed by atoms with van der Waals surface area (Å²) in [6.45, 7) is 7.19. The fourth-order valence-electron chi connectivity index (χ4n) is 4.53. The van der Waals surface area contributed by atoms with Crippen LogP contribution >= 0.6 is 0 Å². The Hall–Kier alpha value is -2.21. The van der Waals surface area contributed by atoms with E-state index >= 15 is 0 Å². The number of nitrogens with zero attached hydrogens (tertiary/aromatic N) is 1. The highest BCUT2D eigenvalue weighted by molar-refractivity contribution is 5.93. The molecular weight excluding hydrogens is 364 g/mol. The van der Waals surface area contributed by atoms with Crippen molar-refractivity contribution >= 4 is 11.6 Å². The highest BCUT2D eigenvalue weighted by Crippen LogP contribution is 2.37. The maximum absolute atomic E-state index is 12.7. The van der Waals surface area contributed by atoms with E-state index in [1.54, 1.807) is 0 Å². The summed E-state index contributed by atoms with van der Waals surface area (Å²) in [6.07, 6.45) is 2.02. The SMILES string of the molecule is Cc1cccc(C)c1NC(=O)CN1C[C@H](OCc2ccccc2)[C@]2(CCCO2)C1. The summed E-state index contributed by atoms with van der Waals surface area (Å²) < 4.78 is 12.5. The molecule has 2 aliphatic heterocycles. The second-order valence-electron chi connectivity index (χ2n) is 8.29. The molecule has 0 bridgehead atoms. The van der Waals surface area contributed by atoms with E-state index in [1.165, 1.54) is 0 Å². The van der Waals surface area contributed by atoms with Crippen molar-refractivity contribution in [2.24, 2.45) is 0 Å². The molecule has 0 radical (unpaired) electrons. The first kappa shape index (κ1) is 20.1. The summed E-state index contributed by atoms with van der Waals surface area (Å²) in [5.41, 5.74) is 3.96. The second kappa shape index (κ2) is 8.66. The molecule has 2 atom stereocenters. The lowest BCUT2D eigenvalue weighted by molar-refractivity contribution is -0.117. The quantitative estimate of drug-likeness (QED) is 0.812. The predicted octanol–water partition coefficient (Wildman–Crippen LogP) is 3.69. The summed E-state index contributed by atoms with van der Waals surface area (Å²) in [7, 11) is 0. The molecule has 29 heavy (non-hydrogen) atoms. The van der Waals surface area contributed by atoms with E-state index in [2.05, 4.69) is 22.3 Å². The summed E-state index contributed by atoms with van der Waals surface area (Å²) >= 11 is 0. The zero-order valence-electron chi connectivity index (χ0n) is 17.3. The molecule has 2 fully saturated rings. The average molecular weight is 395 g/mol. The lowest BCUT2D eigenvalue weighted by Crippen LogP contribution is -2.42. The van der Waals surface area contributed by atoms with Gasteiger partial charge < -0.3 is 14.8 Å². The first-order valence-corrected chi connectivity index (χ1v) is 10.4. The fourth-order valence-corrected chi connectivity index (χ4v) is 4.53. The van der Waals surface area contributed by atoms with Crippen LogP contribution in [0.1, 0.15) is 29.5 Å². The number of carbonyl (C=O) groups excluding carboxylic acids is 1. The van der Waals surface area contributed by atoms with Gasteiger partial charge in [-0.2, -0.15) is 0 Å². The van der Waals surface area contributed by atoms with Gasteiger partial charge in [-0.05, 0) is 43.4 Å². The van der Waals surface area contributed by atoms with Gasteiger partial charge in [-0.25, -0.2) is 0 Å². The number of likely N-dealkylation sites (tertiary alicyclic amines) is 1. The molecule has 0 saturated carbocycles. The van der Waals surface area contributed by atoms with Crippen LogP contribution < -0.4 is 5.32 Å². The van der Waals surface area contributed by atoms with Gasteiger partial charge in [0.05, 0.1) is 13.2 Å². The molecule has 0 unspecified atom stereocenters. The van der Waals surface area contributed by atoms with Crippen LogP contribution in [0, 0.1) is 13.8 Å². The molecule has 0 aromatic heterocycles. The third-order valence-electron chi connectivity index (χ3n) is 6.04. The maximum atomic E-state index is 12.7. The zero-order valence-corrected chi connectivity index (χ0v) is 17.3. The zero-order chi connectivity index (χ0) is 20.3. The number of nitrogens with one attached hydrogen (secondary N) is 1. The summed E-state index contributed by atoms with van der Waals surface area (Å²) in [5, 5.41) is 3.09. The largest absolute Gasteiger partial charge is 0.371 e. The first-order valence-electron chi connectivity index (χ1n) is 10.4. The number of ether oxygens (including phenoxy) is 2. The number of amides is 1. The van der Waals surface area contributed by atoms with Gasteiger partial charge in [-0.3, -0.25) is 9.69 Å². The van der Waals surface area contributed by atoms with Crippen LogP contribution in [0.4, 0.5) is 5.69 Å². The van der Waals surface area contributed by atoms with E-state index in [9.17, 15) is 4.79 Å². The molecule has 2 saturated heterocycles. The van der Waals surface area contributed by atoms with Crippen molar-refractivity contribution in [2.75, 3.05) is 31.6 Å². The van der Waals surface area contributed by atoms with E-state index < -0.39 is 0 Å². The number of benzene rings is 2. The van der Waals surface area contributed by atoms with E-state index in [-0.39, 0.29) is 17.6 Å². The summed E-state index contributed by atoms with van der Waals surface area (Å²) in [5.74, 6) is 0.0132. The molecule has 2 aromatic rings. The van der Waals surface area contributed by atoms with Crippen molar-refractivity contribution in [1.29, 1.82) is 0 Å². The van der Waals surface area contributed by atoms with Crippen molar-refractivity contribution in [3.05, 3.63) is 65.2 Å². The number of aryl methyl sites for hydroxylation is 2. The molecule has 4 rings (SSSR count). The molecular formula is C24H30N2O3. The lowest BCUT2D eigenvalue weighted by atomic mass is 9.96. The monoisotopic (exact) mass is 394 g/mol. The van der Waals surface area contributed by atoms with E-state index in [4.69, 9.17) is 9.47 Å². The summed E-state index contributed by atoms with van der Waals surface area (Å²) in [6, 6.07) is 16.3.